The zero-order valence-corrected chi connectivity index (χ0v) is 8.10. The van der Waals surface area contributed by atoms with Gasteiger partial charge in [-0.2, -0.15) is 0 Å². The van der Waals surface area contributed by atoms with Crippen molar-refractivity contribution in [2.75, 3.05) is 13.1 Å². The van der Waals surface area contributed by atoms with Crippen molar-refractivity contribution in [3.63, 3.8) is 0 Å². The molecule has 0 N–H and O–H groups in total. The summed E-state index contributed by atoms with van der Waals surface area (Å²) in [7, 11) is 0. The van der Waals surface area contributed by atoms with Crippen LogP contribution in [0.3, 0.4) is 0 Å². The SMILES string of the molecule is CC1CCN(C2CC(F)(F)C2)CC1. The Hall–Kier alpha value is -0.180. The summed E-state index contributed by atoms with van der Waals surface area (Å²) >= 11 is 0. The van der Waals surface area contributed by atoms with Crippen molar-refractivity contribution in [3.8, 4) is 0 Å². The number of hydrogen-bond donors (Lipinski definition) is 0. The molecule has 1 saturated carbocycles. The van der Waals surface area contributed by atoms with Crippen LogP contribution in [-0.4, -0.2) is 30.0 Å². The Morgan fingerprint density at radius 3 is 2.15 bits per heavy atom. The predicted molar refractivity (Wildman–Crippen MR) is 47.9 cm³/mol. The van der Waals surface area contributed by atoms with E-state index in [1.165, 1.54) is 12.8 Å². The minimum Gasteiger partial charge on any atom is -0.300 e. The molecule has 2 fully saturated rings. The standard InChI is InChI=1S/C10H17F2N/c1-8-2-4-13(5-3-8)9-6-10(11,12)7-9/h8-9H,2-7H2,1H3. The van der Waals surface area contributed by atoms with Crippen LogP contribution in [0.5, 0.6) is 0 Å². The molecule has 76 valence electrons. The molecule has 0 radical (unpaired) electrons. The Morgan fingerprint density at radius 2 is 1.69 bits per heavy atom. The van der Waals surface area contributed by atoms with Gasteiger partial charge in [0, 0.05) is 18.9 Å². The summed E-state index contributed by atoms with van der Waals surface area (Å²) in [4.78, 5) is 2.25. The summed E-state index contributed by atoms with van der Waals surface area (Å²) in [6.07, 6.45) is 2.56. The lowest BCUT2D eigenvalue weighted by Crippen LogP contribution is -2.52. The minimum atomic E-state index is -2.35. The molecule has 0 aromatic heterocycles. The summed E-state index contributed by atoms with van der Waals surface area (Å²) in [6.45, 7) is 4.30. The first kappa shape index (κ1) is 9.38. The van der Waals surface area contributed by atoms with Gasteiger partial charge in [-0.1, -0.05) is 6.92 Å². The summed E-state index contributed by atoms with van der Waals surface area (Å²) in [5, 5.41) is 0. The van der Waals surface area contributed by atoms with Crippen LogP contribution in [0.25, 0.3) is 0 Å². The van der Waals surface area contributed by atoms with Gasteiger partial charge in [0.1, 0.15) is 0 Å². The van der Waals surface area contributed by atoms with E-state index < -0.39 is 5.92 Å². The molecule has 1 aliphatic carbocycles. The van der Waals surface area contributed by atoms with Crippen LogP contribution in [-0.2, 0) is 0 Å². The highest BCUT2D eigenvalue weighted by atomic mass is 19.3. The highest BCUT2D eigenvalue weighted by molar-refractivity contribution is 4.93. The van der Waals surface area contributed by atoms with Crippen LogP contribution in [0.1, 0.15) is 32.6 Å². The fraction of sp³-hybridized carbons (Fsp3) is 1.00. The molecule has 1 aliphatic heterocycles. The Kier molecular flexibility index (Phi) is 2.30. The van der Waals surface area contributed by atoms with Crippen LogP contribution in [0.2, 0.25) is 0 Å². The van der Waals surface area contributed by atoms with E-state index in [4.69, 9.17) is 0 Å². The third kappa shape index (κ3) is 2.01. The molecular weight excluding hydrogens is 172 g/mol. The van der Waals surface area contributed by atoms with Crippen LogP contribution >= 0.6 is 0 Å². The van der Waals surface area contributed by atoms with Gasteiger partial charge in [-0.05, 0) is 31.8 Å². The van der Waals surface area contributed by atoms with Crippen LogP contribution in [0.4, 0.5) is 8.78 Å². The summed E-state index contributed by atoms with van der Waals surface area (Å²) in [5.74, 6) is -1.56. The fourth-order valence-electron chi connectivity index (χ4n) is 2.28. The van der Waals surface area contributed by atoms with Gasteiger partial charge in [0.2, 0.25) is 0 Å². The number of piperidine rings is 1. The van der Waals surface area contributed by atoms with Crippen molar-refractivity contribution < 1.29 is 8.78 Å². The lowest BCUT2D eigenvalue weighted by molar-refractivity contribution is -0.128. The maximum atomic E-state index is 12.6. The molecule has 0 bridgehead atoms. The van der Waals surface area contributed by atoms with E-state index in [-0.39, 0.29) is 18.9 Å². The molecule has 0 atom stereocenters. The minimum absolute atomic E-state index is 0.0986. The summed E-state index contributed by atoms with van der Waals surface area (Å²) < 4.78 is 25.2. The van der Waals surface area contributed by atoms with Crippen molar-refractivity contribution in [1.29, 1.82) is 0 Å². The molecular formula is C10H17F2N. The van der Waals surface area contributed by atoms with Gasteiger partial charge in [0.15, 0.2) is 0 Å². The molecule has 0 aromatic rings. The van der Waals surface area contributed by atoms with Crippen molar-refractivity contribution in [1.82, 2.24) is 4.90 Å². The van der Waals surface area contributed by atoms with Gasteiger partial charge in [-0.3, -0.25) is 4.90 Å². The van der Waals surface area contributed by atoms with E-state index in [0.29, 0.717) is 0 Å². The van der Waals surface area contributed by atoms with E-state index in [9.17, 15) is 8.78 Å². The molecule has 0 unspecified atom stereocenters. The van der Waals surface area contributed by atoms with Crippen LogP contribution in [0.15, 0.2) is 0 Å². The molecule has 3 heteroatoms. The normalized spacial score (nSPS) is 31.6. The number of alkyl halides is 2. The lowest BCUT2D eigenvalue weighted by atomic mass is 9.85. The molecule has 1 nitrogen and oxygen atoms in total. The molecule has 0 aromatic carbocycles. The molecule has 1 heterocycles. The average Bonchev–Trinajstić information content (AvgIpc) is 2.01. The smallest absolute Gasteiger partial charge is 0.251 e. The number of hydrogen-bond acceptors (Lipinski definition) is 1. The quantitative estimate of drug-likeness (QED) is 0.612. The van der Waals surface area contributed by atoms with Gasteiger partial charge in [0.05, 0.1) is 0 Å². The van der Waals surface area contributed by atoms with Crippen molar-refractivity contribution in [3.05, 3.63) is 0 Å². The summed E-state index contributed by atoms with van der Waals surface area (Å²) in [6, 6.07) is 0.183. The monoisotopic (exact) mass is 189 g/mol. The van der Waals surface area contributed by atoms with Gasteiger partial charge in [-0.15, -0.1) is 0 Å². The zero-order chi connectivity index (χ0) is 9.47. The zero-order valence-electron chi connectivity index (χ0n) is 8.10. The maximum absolute atomic E-state index is 12.6. The first-order chi connectivity index (χ1) is 6.07. The molecule has 0 spiro atoms. The van der Waals surface area contributed by atoms with E-state index in [2.05, 4.69) is 11.8 Å². The Bertz CT molecular complexity index is 177. The molecule has 1 saturated heterocycles. The topological polar surface area (TPSA) is 3.24 Å². The van der Waals surface area contributed by atoms with Gasteiger partial charge < -0.3 is 0 Å². The third-order valence-corrected chi connectivity index (χ3v) is 3.40. The molecule has 2 rings (SSSR count). The second-order valence-electron chi connectivity index (χ2n) is 4.64. The number of nitrogens with zero attached hydrogens (tertiary/aromatic N) is 1. The summed E-state index contributed by atoms with van der Waals surface area (Å²) in [5.41, 5.74) is 0. The highest BCUT2D eigenvalue weighted by Crippen LogP contribution is 2.41. The fourth-order valence-corrected chi connectivity index (χ4v) is 2.28. The lowest BCUT2D eigenvalue weighted by Gasteiger charge is -2.45. The largest absolute Gasteiger partial charge is 0.300 e. The van der Waals surface area contributed by atoms with Crippen molar-refractivity contribution in [2.45, 2.75) is 44.6 Å². The molecule has 0 amide bonds. The number of rotatable bonds is 1. The van der Waals surface area contributed by atoms with Crippen LogP contribution in [0, 0.1) is 5.92 Å². The van der Waals surface area contributed by atoms with E-state index in [1.54, 1.807) is 0 Å². The van der Waals surface area contributed by atoms with Gasteiger partial charge >= 0.3 is 0 Å². The Balaban J connectivity index is 1.78. The van der Waals surface area contributed by atoms with Gasteiger partial charge in [0.25, 0.3) is 5.92 Å². The second kappa shape index (κ2) is 3.19. The predicted octanol–water partition coefficient (Wildman–Crippen LogP) is 2.52. The van der Waals surface area contributed by atoms with Crippen LogP contribution < -0.4 is 0 Å². The Labute approximate surface area is 78.1 Å². The molecule has 13 heavy (non-hydrogen) atoms. The van der Waals surface area contributed by atoms with Crippen molar-refractivity contribution >= 4 is 0 Å². The second-order valence-corrected chi connectivity index (χ2v) is 4.64. The third-order valence-electron chi connectivity index (χ3n) is 3.40. The maximum Gasteiger partial charge on any atom is 0.251 e. The van der Waals surface area contributed by atoms with E-state index in [0.717, 1.165) is 19.0 Å². The molecule has 2 aliphatic rings. The average molecular weight is 189 g/mol. The van der Waals surface area contributed by atoms with E-state index >= 15 is 0 Å². The number of halogens is 2. The first-order valence-corrected chi connectivity index (χ1v) is 5.19. The Morgan fingerprint density at radius 1 is 1.15 bits per heavy atom. The first-order valence-electron chi connectivity index (χ1n) is 5.19. The highest BCUT2D eigenvalue weighted by Gasteiger charge is 2.47. The van der Waals surface area contributed by atoms with Crippen molar-refractivity contribution in [2.24, 2.45) is 5.92 Å². The number of likely N-dealkylation sites (tertiary alicyclic amines) is 1. The van der Waals surface area contributed by atoms with Gasteiger partial charge in [-0.25, -0.2) is 8.78 Å². The van der Waals surface area contributed by atoms with E-state index in [1.807, 2.05) is 0 Å².